The topological polar surface area (TPSA) is 49.6 Å². The van der Waals surface area contributed by atoms with E-state index in [2.05, 4.69) is 18.7 Å². The Balaban J connectivity index is 2.13. The molecule has 0 atom stereocenters. The third-order valence-corrected chi connectivity index (χ3v) is 3.84. The second-order valence-corrected chi connectivity index (χ2v) is 5.62. The molecule has 1 fully saturated rings. The normalized spacial score (nSPS) is 16.8. The summed E-state index contributed by atoms with van der Waals surface area (Å²) in [6, 6.07) is 3.45. The Bertz CT molecular complexity index is 508. The zero-order valence-electron chi connectivity index (χ0n) is 12.3. The number of nitrogen functional groups attached to an aromatic ring is 1. The van der Waals surface area contributed by atoms with Crippen LogP contribution in [0.25, 0.3) is 0 Å². The first-order chi connectivity index (χ1) is 9.40. The van der Waals surface area contributed by atoms with E-state index in [4.69, 9.17) is 5.73 Å². The van der Waals surface area contributed by atoms with Crippen LogP contribution < -0.4 is 5.73 Å². The molecule has 110 valence electrons. The number of carbonyl (C=O) groups excluding carboxylic acids is 1. The molecule has 20 heavy (non-hydrogen) atoms. The first-order valence-corrected chi connectivity index (χ1v) is 6.99. The minimum atomic E-state index is -0.463. The van der Waals surface area contributed by atoms with Gasteiger partial charge < -0.3 is 10.6 Å². The Morgan fingerprint density at radius 2 is 1.85 bits per heavy atom. The molecule has 2 rings (SSSR count). The zero-order chi connectivity index (χ0) is 14.9. The third kappa shape index (κ3) is 2.93. The highest BCUT2D eigenvalue weighted by Crippen LogP contribution is 2.19. The van der Waals surface area contributed by atoms with Crippen LogP contribution in [0.3, 0.4) is 0 Å². The molecular formula is C15H22FN3O. The molecule has 4 nitrogen and oxygen atoms in total. The van der Waals surface area contributed by atoms with Crippen molar-refractivity contribution in [1.29, 1.82) is 0 Å². The number of hydrogen-bond acceptors (Lipinski definition) is 3. The average molecular weight is 279 g/mol. The number of halogens is 1. The van der Waals surface area contributed by atoms with Crippen molar-refractivity contribution in [2.24, 2.45) is 0 Å². The first-order valence-electron chi connectivity index (χ1n) is 6.99. The number of nitrogens with zero attached hydrogens (tertiary/aromatic N) is 2. The molecule has 5 heteroatoms. The first kappa shape index (κ1) is 14.8. The van der Waals surface area contributed by atoms with Crippen molar-refractivity contribution in [2.75, 3.05) is 31.9 Å². The highest BCUT2D eigenvalue weighted by atomic mass is 19.1. The quantitative estimate of drug-likeness (QED) is 0.841. The van der Waals surface area contributed by atoms with Crippen LogP contribution >= 0.6 is 0 Å². The summed E-state index contributed by atoms with van der Waals surface area (Å²) in [5, 5.41) is 0. The van der Waals surface area contributed by atoms with Crippen LogP contribution in [-0.4, -0.2) is 47.9 Å². The predicted octanol–water partition coefficient (Wildman–Crippen LogP) is 1.88. The average Bonchev–Trinajstić information content (AvgIpc) is 2.42. The molecule has 0 aromatic heterocycles. The smallest absolute Gasteiger partial charge is 0.257 e. The largest absolute Gasteiger partial charge is 0.399 e. The van der Waals surface area contributed by atoms with E-state index in [-0.39, 0.29) is 11.5 Å². The number of anilines is 1. The number of hydrogen-bond donors (Lipinski definition) is 1. The van der Waals surface area contributed by atoms with Gasteiger partial charge in [0.05, 0.1) is 5.56 Å². The van der Waals surface area contributed by atoms with Crippen molar-refractivity contribution in [3.63, 3.8) is 0 Å². The Morgan fingerprint density at radius 3 is 2.40 bits per heavy atom. The number of benzene rings is 1. The molecule has 1 aliphatic heterocycles. The Morgan fingerprint density at radius 1 is 1.25 bits per heavy atom. The van der Waals surface area contributed by atoms with E-state index in [1.807, 2.05) is 0 Å². The number of carbonyl (C=O) groups is 1. The molecule has 0 bridgehead atoms. The molecule has 1 aromatic rings. The maximum absolute atomic E-state index is 14.1. The van der Waals surface area contributed by atoms with E-state index >= 15 is 0 Å². The van der Waals surface area contributed by atoms with Gasteiger partial charge in [-0.1, -0.05) is 0 Å². The summed E-state index contributed by atoms with van der Waals surface area (Å²) in [5.41, 5.74) is 6.63. The van der Waals surface area contributed by atoms with Gasteiger partial charge in [-0.2, -0.15) is 0 Å². The van der Waals surface area contributed by atoms with Gasteiger partial charge in [0.1, 0.15) is 5.82 Å². The van der Waals surface area contributed by atoms with Crippen LogP contribution in [0.4, 0.5) is 10.1 Å². The van der Waals surface area contributed by atoms with Crippen molar-refractivity contribution in [1.82, 2.24) is 9.80 Å². The summed E-state index contributed by atoms with van der Waals surface area (Å²) in [6.07, 6.45) is 0. The van der Waals surface area contributed by atoms with Crippen molar-refractivity contribution < 1.29 is 9.18 Å². The maximum Gasteiger partial charge on any atom is 0.257 e. The van der Waals surface area contributed by atoms with Crippen LogP contribution in [-0.2, 0) is 0 Å². The van der Waals surface area contributed by atoms with Gasteiger partial charge in [-0.05, 0) is 38.5 Å². The van der Waals surface area contributed by atoms with Crippen LogP contribution in [0.1, 0.15) is 29.8 Å². The SMILES string of the molecule is Cc1cc(N)cc(C(=O)N2CCN(C(C)C)CC2)c1F. The van der Waals surface area contributed by atoms with Crippen LogP contribution in [0.5, 0.6) is 0 Å². The molecule has 0 aliphatic carbocycles. The van der Waals surface area contributed by atoms with E-state index in [9.17, 15) is 9.18 Å². The van der Waals surface area contributed by atoms with Gasteiger partial charge in [0.25, 0.3) is 5.91 Å². The van der Waals surface area contributed by atoms with E-state index in [0.29, 0.717) is 30.4 Å². The van der Waals surface area contributed by atoms with Gasteiger partial charge in [0.2, 0.25) is 0 Å². The predicted molar refractivity (Wildman–Crippen MR) is 78.2 cm³/mol. The lowest BCUT2D eigenvalue weighted by molar-refractivity contribution is 0.0591. The number of aryl methyl sites for hydroxylation is 1. The zero-order valence-corrected chi connectivity index (χ0v) is 12.3. The molecule has 0 unspecified atom stereocenters. The molecule has 1 saturated heterocycles. The molecule has 0 saturated carbocycles. The number of amides is 1. The van der Waals surface area contributed by atoms with Gasteiger partial charge >= 0.3 is 0 Å². The lowest BCUT2D eigenvalue weighted by atomic mass is 10.1. The van der Waals surface area contributed by atoms with Crippen molar-refractivity contribution >= 4 is 11.6 Å². The highest BCUT2D eigenvalue weighted by Gasteiger charge is 2.25. The lowest BCUT2D eigenvalue weighted by Gasteiger charge is -2.37. The Hall–Kier alpha value is -1.62. The fourth-order valence-electron chi connectivity index (χ4n) is 2.56. The second kappa shape index (κ2) is 5.79. The summed E-state index contributed by atoms with van der Waals surface area (Å²) < 4.78 is 14.1. The van der Waals surface area contributed by atoms with Crippen LogP contribution in [0, 0.1) is 12.7 Å². The fourth-order valence-corrected chi connectivity index (χ4v) is 2.56. The van der Waals surface area contributed by atoms with E-state index in [0.717, 1.165) is 13.1 Å². The molecule has 0 radical (unpaired) electrons. The molecule has 1 aliphatic rings. The second-order valence-electron chi connectivity index (χ2n) is 5.62. The van der Waals surface area contributed by atoms with E-state index < -0.39 is 5.82 Å². The molecular weight excluding hydrogens is 257 g/mol. The van der Waals surface area contributed by atoms with Crippen molar-refractivity contribution in [3.8, 4) is 0 Å². The monoisotopic (exact) mass is 279 g/mol. The van der Waals surface area contributed by atoms with Gasteiger partial charge in [0.15, 0.2) is 0 Å². The minimum Gasteiger partial charge on any atom is -0.399 e. The van der Waals surface area contributed by atoms with Gasteiger partial charge in [-0.3, -0.25) is 9.69 Å². The minimum absolute atomic E-state index is 0.0838. The standard InChI is InChI=1S/C15H22FN3O/c1-10(2)18-4-6-19(7-5-18)15(20)13-9-12(17)8-11(3)14(13)16/h8-10H,4-7,17H2,1-3H3. The summed E-state index contributed by atoms with van der Waals surface area (Å²) in [5.74, 6) is -0.725. The highest BCUT2D eigenvalue weighted by molar-refractivity contribution is 5.95. The number of piperazine rings is 1. The number of nitrogens with two attached hydrogens (primary N) is 1. The fraction of sp³-hybridized carbons (Fsp3) is 0.533. The maximum atomic E-state index is 14.1. The van der Waals surface area contributed by atoms with Crippen molar-refractivity contribution in [2.45, 2.75) is 26.8 Å². The third-order valence-electron chi connectivity index (χ3n) is 3.84. The number of rotatable bonds is 2. The molecule has 0 spiro atoms. The van der Waals surface area contributed by atoms with Gasteiger partial charge in [-0.25, -0.2) is 4.39 Å². The Labute approximate surface area is 119 Å². The Kier molecular flexibility index (Phi) is 4.28. The van der Waals surface area contributed by atoms with E-state index in [1.165, 1.54) is 6.07 Å². The lowest BCUT2D eigenvalue weighted by Crippen LogP contribution is -2.50. The summed E-state index contributed by atoms with van der Waals surface area (Å²) in [7, 11) is 0. The van der Waals surface area contributed by atoms with Crippen LogP contribution in [0.2, 0.25) is 0 Å². The van der Waals surface area contributed by atoms with E-state index in [1.54, 1.807) is 17.9 Å². The van der Waals surface area contributed by atoms with Gasteiger partial charge in [0, 0.05) is 37.9 Å². The summed E-state index contributed by atoms with van der Waals surface area (Å²) in [4.78, 5) is 16.4. The molecule has 2 N–H and O–H groups in total. The molecule has 1 amide bonds. The summed E-state index contributed by atoms with van der Waals surface area (Å²) in [6.45, 7) is 8.81. The molecule has 1 heterocycles. The van der Waals surface area contributed by atoms with Gasteiger partial charge in [-0.15, -0.1) is 0 Å². The van der Waals surface area contributed by atoms with Crippen LogP contribution in [0.15, 0.2) is 12.1 Å². The van der Waals surface area contributed by atoms with Crippen molar-refractivity contribution in [3.05, 3.63) is 29.1 Å². The molecule has 1 aromatic carbocycles. The summed E-state index contributed by atoms with van der Waals surface area (Å²) >= 11 is 0.